The van der Waals surface area contributed by atoms with E-state index in [-0.39, 0.29) is 6.10 Å². The second kappa shape index (κ2) is 8.21. The summed E-state index contributed by atoms with van der Waals surface area (Å²) >= 11 is 0. The van der Waals surface area contributed by atoms with Crippen LogP contribution in [0.1, 0.15) is 52.5 Å². The van der Waals surface area contributed by atoms with Crippen LogP contribution in [0.5, 0.6) is 5.75 Å². The first-order valence-electron chi connectivity index (χ1n) is 7.47. The van der Waals surface area contributed by atoms with Crippen LogP contribution in [0, 0.1) is 5.92 Å². The van der Waals surface area contributed by atoms with E-state index in [9.17, 15) is 0 Å². The number of hydrogen-bond acceptors (Lipinski definition) is 2. The molecule has 0 aliphatic heterocycles. The Morgan fingerprint density at radius 3 is 2.37 bits per heavy atom. The van der Waals surface area contributed by atoms with Gasteiger partial charge in [0.1, 0.15) is 11.9 Å². The van der Waals surface area contributed by atoms with Gasteiger partial charge in [-0.25, -0.2) is 0 Å². The van der Waals surface area contributed by atoms with Crippen molar-refractivity contribution < 1.29 is 4.74 Å². The summed E-state index contributed by atoms with van der Waals surface area (Å²) in [5.41, 5.74) is 1.29. The molecule has 1 N–H and O–H groups in total. The molecule has 1 atom stereocenters. The molecule has 0 saturated heterocycles. The van der Waals surface area contributed by atoms with E-state index in [0.29, 0.717) is 5.92 Å². The van der Waals surface area contributed by atoms with Gasteiger partial charge in [-0.15, -0.1) is 0 Å². The summed E-state index contributed by atoms with van der Waals surface area (Å²) in [6, 6.07) is 8.34. The minimum atomic E-state index is 0.201. The summed E-state index contributed by atoms with van der Waals surface area (Å²) in [6.07, 6.45) is 1.42. The van der Waals surface area contributed by atoms with Gasteiger partial charge in [-0.1, -0.05) is 45.9 Å². The lowest BCUT2D eigenvalue weighted by molar-refractivity contribution is 0.214. The van der Waals surface area contributed by atoms with E-state index in [2.05, 4.69) is 58.1 Å². The zero-order valence-electron chi connectivity index (χ0n) is 13.1. The van der Waals surface area contributed by atoms with Gasteiger partial charge >= 0.3 is 0 Å². The van der Waals surface area contributed by atoms with Crippen molar-refractivity contribution in [2.75, 3.05) is 13.1 Å². The predicted molar refractivity (Wildman–Crippen MR) is 82.9 cm³/mol. The number of benzene rings is 1. The van der Waals surface area contributed by atoms with Crippen LogP contribution in [0.4, 0.5) is 0 Å². The Balaban J connectivity index is 2.42. The summed E-state index contributed by atoms with van der Waals surface area (Å²) in [4.78, 5) is 0. The van der Waals surface area contributed by atoms with E-state index in [1.165, 1.54) is 12.0 Å². The second-order valence-corrected chi connectivity index (χ2v) is 6.01. The Bertz CT molecular complexity index is 360. The summed E-state index contributed by atoms with van der Waals surface area (Å²) < 4.78 is 6.05. The monoisotopic (exact) mass is 263 g/mol. The fraction of sp³-hybridized carbons (Fsp3) is 0.647. The molecular formula is C17H29NO. The van der Waals surface area contributed by atoms with Gasteiger partial charge in [0.2, 0.25) is 0 Å². The third-order valence-corrected chi connectivity index (χ3v) is 3.20. The second-order valence-electron chi connectivity index (χ2n) is 6.01. The fourth-order valence-electron chi connectivity index (χ4n) is 2.02. The van der Waals surface area contributed by atoms with Crippen molar-refractivity contribution in [3.8, 4) is 5.75 Å². The molecule has 0 amide bonds. The van der Waals surface area contributed by atoms with Crippen molar-refractivity contribution in [3.05, 3.63) is 29.8 Å². The predicted octanol–water partition coefficient (Wildman–Crippen LogP) is 4.21. The first-order chi connectivity index (χ1) is 9.00. The third kappa shape index (κ3) is 6.11. The maximum Gasteiger partial charge on any atom is 0.123 e. The molecule has 108 valence electrons. The summed E-state index contributed by atoms with van der Waals surface area (Å²) in [6.45, 7) is 13.0. The largest absolute Gasteiger partial charge is 0.489 e. The standard InChI is InChI=1S/C17H29NO/c1-13(2)10-11-18-12-15(5)19-17-9-7-6-8-16(17)14(3)4/h6-9,13-15,18H,10-12H2,1-5H3. The van der Waals surface area contributed by atoms with Crippen LogP contribution < -0.4 is 10.1 Å². The molecule has 1 aromatic rings. The first-order valence-corrected chi connectivity index (χ1v) is 7.47. The highest BCUT2D eigenvalue weighted by Crippen LogP contribution is 2.26. The van der Waals surface area contributed by atoms with Gasteiger partial charge in [-0.05, 0) is 43.4 Å². The smallest absolute Gasteiger partial charge is 0.123 e. The average molecular weight is 263 g/mol. The van der Waals surface area contributed by atoms with E-state index < -0.39 is 0 Å². The number of nitrogens with one attached hydrogen (secondary N) is 1. The van der Waals surface area contributed by atoms with Gasteiger partial charge in [-0.3, -0.25) is 0 Å². The van der Waals surface area contributed by atoms with E-state index in [1.54, 1.807) is 0 Å². The SMILES string of the molecule is CC(C)CCNCC(C)Oc1ccccc1C(C)C. The molecule has 1 aromatic carbocycles. The Morgan fingerprint density at radius 1 is 1.05 bits per heavy atom. The van der Waals surface area contributed by atoms with Gasteiger partial charge in [0.15, 0.2) is 0 Å². The number of ether oxygens (including phenoxy) is 1. The van der Waals surface area contributed by atoms with Crippen LogP contribution in [-0.2, 0) is 0 Å². The molecule has 0 bridgehead atoms. The summed E-state index contributed by atoms with van der Waals surface area (Å²) in [5, 5.41) is 3.46. The van der Waals surface area contributed by atoms with Crippen molar-refractivity contribution in [1.82, 2.24) is 5.32 Å². The molecule has 0 aliphatic carbocycles. The van der Waals surface area contributed by atoms with E-state index in [0.717, 1.165) is 24.8 Å². The maximum atomic E-state index is 6.05. The van der Waals surface area contributed by atoms with Crippen LogP contribution in [0.3, 0.4) is 0 Å². The minimum absolute atomic E-state index is 0.201. The van der Waals surface area contributed by atoms with Crippen molar-refractivity contribution >= 4 is 0 Å². The van der Waals surface area contributed by atoms with Crippen molar-refractivity contribution in [2.45, 2.75) is 53.1 Å². The lowest BCUT2D eigenvalue weighted by atomic mass is 10.0. The van der Waals surface area contributed by atoms with Crippen LogP contribution in [-0.4, -0.2) is 19.2 Å². The highest BCUT2D eigenvalue weighted by Gasteiger charge is 2.10. The van der Waals surface area contributed by atoms with Crippen molar-refractivity contribution in [1.29, 1.82) is 0 Å². The normalized spacial score (nSPS) is 13.0. The molecule has 0 radical (unpaired) electrons. The van der Waals surface area contributed by atoms with E-state index in [4.69, 9.17) is 4.74 Å². The van der Waals surface area contributed by atoms with Crippen molar-refractivity contribution in [3.63, 3.8) is 0 Å². The molecule has 1 rings (SSSR count). The molecule has 0 saturated carbocycles. The van der Waals surface area contributed by atoms with Crippen molar-refractivity contribution in [2.24, 2.45) is 5.92 Å². The Morgan fingerprint density at radius 2 is 1.74 bits per heavy atom. The molecule has 0 heterocycles. The molecule has 0 fully saturated rings. The van der Waals surface area contributed by atoms with Crippen LogP contribution in [0.2, 0.25) is 0 Å². The molecule has 0 aromatic heterocycles. The van der Waals surface area contributed by atoms with Gasteiger partial charge in [-0.2, -0.15) is 0 Å². The van der Waals surface area contributed by atoms with Crippen LogP contribution in [0.25, 0.3) is 0 Å². The fourth-order valence-corrected chi connectivity index (χ4v) is 2.02. The molecule has 1 unspecified atom stereocenters. The highest BCUT2D eigenvalue weighted by atomic mass is 16.5. The zero-order valence-corrected chi connectivity index (χ0v) is 13.1. The van der Waals surface area contributed by atoms with Crippen LogP contribution >= 0.6 is 0 Å². The maximum absolute atomic E-state index is 6.05. The van der Waals surface area contributed by atoms with Gasteiger partial charge in [0.25, 0.3) is 0 Å². The topological polar surface area (TPSA) is 21.3 Å². The van der Waals surface area contributed by atoms with E-state index >= 15 is 0 Å². The number of para-hydroxylation sites is 1. The van der Waals surface area contributed by atoms with Crippen LogP contribution in [0.15, 0.2) is 24.3 Å². The summed E-state index contributed by atoms with van der Waals surface area (Å²) in [7, 11) is 0. The third-order valence-electron chi connectivity index (χ3n) is 3.20. The molecule has 0 spiro atoms. The molecule has 2 heteroatoms. The molecule has 0 aliphatic rings. The van der Waals surface area contributed by atoms with E-state index in [1.807, 2.05) is 6.07 Å². The van der Waals surface area contributed by atoms with Gasteiger partial charge in [0, 0.05) is 6.54 Å². The summed E-state index contributed by atoms with van der Waals surface area (Å²) in [5.74, 6) is 2.28. The lowest BCUT2D eigenvalue weighted by Crippen LogP contribution is -2.30. The Labute approximate surface area is 118 Å². The zero-order chi connectivity index (χ0) is 14.3. The highest BCUT2D eigenvalue weighted by molar-refractivity contribution is 5.35. The molecule has 19 heavy (non-hydrogen) atoms. The molecule has 2 nitrogen and oxygen atoms in total. The first kappa shape index (κ1) is 16.0. The number of rotatable bonds is 8. The Kier molecular flexibility index (Phi) is 6.93. The Hall–Kier alpha value is -1.02. The minimum Gasteiger partial charge on any atom is -0.489 e. The number of hydrogen-bond donors (Lipinski definition) is 1. The molecular weight excluding hydrogens is 234 g/mol. The quantitative estimate of drug-likeness (QED) is 0.709. The van der Waals surface area contributed by atoms with Gasteiger partial charge < -0.3 is 10.1 Å². The van der Waals surface area contributed by atoms with Gasteiger partial charge in [0.05, 0.1) is 0 Å². The lowest BCUT2D eigenvalue weighted by Gasteiger charge is -2.19. The average Bonchev–Trinajstić information content (AvgIpc) is 2.35.